The molecule has 0 atom stereocenters. The van der Waals surface area contributed by atoms with Crippen LogP contribution in [0.2, 0.25) is 0 Å². The number of hydrogen-bond donors (Lipinski definition) is 0. The summed E-state index contributed by atoms with van der Waals surface area (Å²) in [5.74, 6) is 1.71. The first kappa shape index (κ1) is 12.1. The minimum atomic E-state index is 0. The molecule has 0 aliphatic heterocycles. The molecule has 0 radical (unpaired) electrons. The summed E-state index contributed by atoms with van der Waals surface area (Å²) in [6, 6.07) is 5.78. The second-order valence-electron chi connectivity index (χ2n) is 2.18. The van der Waals surface area contributed by atoms with Gasteiger partial charge in [-0.1, -0.05) is 0 Å². The molecule has 4 heteroatoms. The van der Waals surface area contributed by atoms with E-state index < -0.39 is 0 Å². The van der Waals surface area contributed by atoms with Crippen LogP contribution in [0.5, 0.6) is 11.5 Å². The van der Waals surface area contributed by atoms with Crippen molar-refractivity contribution >= 4 is 25.4 Å². The molecule has 2 nitrogen and oxygen atoms in total. The molecule has 1 rings (SSSR count). The number of methoxy groups -OCH3 is 2. The van der Waals surface area contributed by atoms with Gasteiger partial charge >= 0.3 is 78.8 Å². The van der Waals surface area contributed by atoms with Gasteiger partial charge in [-0.3, -0.25) is 0 Å². The molecule has 0 fully saturated rings. The molecule has 1 aromatic rings. The van der Waals surface area contributed by atoms with Crippen molar-refractivity contribution in [3.63, 3.8) is 0 Å². The quantitative estimate of drug-likeness (QED) is 0.533. The van der Waals surface area contributed by atoms with Gasteiger partial charge in [0.15, 0.2) is 0 Å². The summed E-state index contributed by atoms with van der Waals surface area (Å²) in [6.07, 6.45) is 0. The van der Waals surface area contributed by atoms with Crippen LogP contribution in [0.15, 0.2) is 18.2 Å². The molecule has 0 unspecified atom stereocenters. The van der Waals surface area contributed by atoms with Crippen molar-refractivity contribution < 1.29 is 26.5 Å². The third-order valence-electron chi connectivity index (χ3n) is 1.49. The molecule has 0 saturated carbocycles. The largest absolute Gasteiger partial charge is 1.00 e. The van der Waals surface area contributed by atoms with Crippen molar-refractivity contribution in [1.82, 2.24) is 0 Å². The molecule has 0 saturated heterocycles. The van der Waals surface area contributed by atoms with Crippen LogP contribution >= 0.6 is 0 Å². The maximum Gasteiger partial charge on any atom is -1.00 e. The summed E-state index contributed by atoms with van der Waals surface area (Å²) in [7, 11) is 3.30. The van der Waals surface area contributed by atoms with E-state index in [9.17, 15) is 0 Å². The van der Waals surface area contributed by atoms with E-state index in [4.69, 9.17) is 9.47 Å². The predicted molar refractivity (Wildman–Crippen MR) is 44.9 cm³/mol. The first-order valence-electron chi connectivity index (χ1n) is 3.32. The molecular formula is C8H9BrMgO2. The van der Waals surface area contributed by atoms with E-state index in [2.05, 4.69) is 0 Å². The summed E-state index contributed by atoms with van der Waals surface area (Å²) >= 11 is 1.80. The normalized spacial score (nSPS) is 8.67. The second-order valence-corrected chi connectivity index (χ2v) is 2.94. The van der Waals surface area contributed by atoms with Gasteiger partial charge in [-0.25, -0.2) is 0 Å². The zero-order valence-electron chi connectivity index (χ0n) is 7.13. The molecular weight excluding hydrogens is 232 g/mol. The third kappa shape index (κ3) is 2.84. The van der Waals surface area contributed by atoms with Crippen LogP contribution in [-0.2, 0) is 0 Å². The van der Waals surface area contributed by atoms with E-state index in [-0.39, 0.29) is 17.0 Å². The molecule has 0 N–H and O–H groups in total. The first-order valence-corrected chi connectivity index (χ1v) is 4.02. The monoisotopic (exact) mass is 240 g/mol. The summed E-state index contributed by atoms with van der Waals surface area (Å²) in [4.78, 5) is 0. The van der Waals surface area contributed by atoms with Gasteiger partial charge in [-0.2, -0.15) is 0 Å². The molecule has 1 aromatic carbocycles. The van der Waals surface area contributed by atoms with E-state index in [1.54, 1.807) is 35.9 Å². The van der Waals surface area contributed by atoms with Crippen molar-refractivity contribution in [3.8, 4) is 11.5 Å². The second kappa shape index (κ2) is 5.67. The number of hydrogen-bond acceptors (Lipinski definition) is 2. The predicted octanol–water partition coefficient (Wildman–Crippen LogP) is -2.50. The molecule has 0 bridgehead atoms. The Labute approximate surface area is 95.5 Å². The summed E-state index contributed by atoms with van der Waals surface area (Å²) in [6.45, 7) is 0. The SMILES string of the molecule is COc1cc[c]([Mg+])c(OC)c1.[Br-]. The van der Waals surface area contributed by atoms with Crippen LogP contribution in [0.3, 0.4) is 0 Å². The van der Waals surface area contributed by atoms with Crippen molar-refractivity contribution in [1.29, 1.82) is 0 Å². The van der Waals surface area contributed by atoms with Gasteiger partial charge in [0.05, 0.1) is 0 Å². The molecule has 0 spiro atoms. The Balaban J connectivity index is 0.00000121. The minimum absolute atomic E-state index is 0. The van der Waals surface area contributed by atoms with E-state index in [1.807, 2.05) is 18.2 Å². The zero-order chi connectivity index (χ0) is 8.27. The average Bonchev–Trinajstić information content (AvgIpc) is 2.05. The van der Waals surface area contributed by atoms with Crippen LogP contribution in [0.25, 0.3) is 0 Å². The molecule has 0 aliphatic carbocycles. The van der Waals surface area contributed by atoms with Gasteiger partial charge < -0.3 is 17.0 Å². The molecule has 0 aromatic heterocycles. The Bertz CT molecular complexity index is 253. The van der Waals surface area contributed by atoms with E-state index in [0.29, 0.717) is 0 Å². The molecule has 0 heterocycles. The number of halogens is 1. The topological polar surface area (TPSA) is 18.5 Å². The Morgan fingerprint density at radius 2 is 1.83 bits per heavy atom. The Kier molecular flexibility index (Phi) is 5.70. The number of ether oxygens (including phenoxy) is 2. The van der Waals surface area contributed by atoms with Gasteiger partial charge in [0.2, 0.25) is 0 Å². The van der Waals surface area contributed by atoms with Gasteiger partial charge in [-0.15, -0.1) is 0 Å². The van der Waals surface area contributed by atoms with Crippen LogP contribution in [0, 0.1) is 0 Å². The fourth-order valence-corrected chi connectivity index (χ4v) is 1.22. The smallest absolute Gasteiger partial charge is 1.00 e. The molecule has 0 amide bonds. The first-order chi connectivity index (χ1) is 5.27. The van der Waals surface area contributed by atoms with Gasteiger partial charge in [0.25, 0.3) is 0 Å². The summed E-state index contributed by atoms with van der Waals surface area (Å²) in [5.41, 5.74) is 0. The van der Waals surface area contributed by atoms with Crippen LogP contribution < -0.4 is 30.1 Å². The standard InChI is InChI=1S/C8H9O2.BrH.Mg/c1-9-7-4-3-5-8(6-7)10-2;;/h3-4,6H,1-2H3;1H;/q;;+1/p-1. The molecule has 62 valence electrons. The summed E-state index contributed by atoms with van der Waals surface area (Å²) < 4.78 is 11.3. The Hall–Kier alpha value is 0.0662. The summed E-state index contributed by atoms with van der Waals surface area (Å²) in [5, 5.41) is 0. The zero-order valence-corrected chi connectivity index (χ0v) is 10.1. The number of rotatable bonds is 2. The minimum Gasteiger partial charge on any atom is -1.00 e. The van der Waals surface area contributed by atoms with Crippen molar-refractivity contribution in [2.24, 2.45) is 0 Å². The molecule has 12 heavy (non-hydrogen) atoms. The fourth-order valence-electron chi connectivity index (χ4n) is 0.852. The maximum absolute atomic E-state index is 5.11. The number of benzene rings is 1. The van der Waals surface area contributed by atoms with Crippen LogP contribution in [-0.4, -0.2) is 35.9 Å². The van der Waals surface area contributed by atoms with Gasteiger partial charge in [0, 0.05) is 0 Å². The maximum atomic E-state index is 5.11. The Morgan fingerprint density at radius 1 is 1.17 bits per heavy atom. The van der Waals surface area contributed by atoms with Gasteiger partial charge in [-0.05, 0) is 0 Å². The van der Waals surface area contributed by atoms with Crippen LogP contribution in [0.1, 0.15) is 0 Å². The van der Waals surface area contributed by atoms with E-state index in [0.717, 1.165) is 15.2 Å². The van der Waals surface area contributed by atoms with Crippen molar-refractivity contribution in [2.45, 2.75) is 0 Å². The average molecular weight is 241 g/mol. The van der Waals surface area contributed by atoms with Crippen LogP contribution in [0.4, 0.5) is 0 Å². The molecule has 0 aliphatic rings. The van der Waals surface area contributed by atoms with Gasteiger partial charge in [0.1, 0.15) is 0 Å². The van der Waals surface area contributed by atoms with E-state index in [1.165, 1.54) is 0 Å². The van der Waals surface area contributed by atoms with E-state index >= 15 is 0 Å². The van der Waals surface area contributed by atoms with Crippen molar-refractivity contribution in [2.75, 3.05) is 14.2 Å². The fraction of sp³-hybridized carbons (Fsp3) is 0.250. The Morgan fingerprint density at radius 3 is 2.33 bits per heavy atom. The third-order valence-corrected chi connectivity index (χ3v) is 2.08. The van der Waals surface area contributed by atoms with Crippen molar-refractivity contribution in [3.05, 3.63) is 18.2 Å².